The summed E-state index contributed by atoms with van der Waals surface area (Å²) >= 11 is 6.17. The maximum atomic E-state index is 13.0. The summed E-state index contributed by atoms with van der Waals surface area (Å²) in [4.78, 5) is 16.7. The fourth-order valence-electron chi connectivity index (χ4n) is 2.44. The lowest BCUT2D eigenvalue weighted by Crippen LogP contribution is -2.45. The molecule has 0 bridgehead atoms. The van der Waals surface area contributed by atoms with Crippen molar-refractivity contribution in [1.82, 2.24) is 4.31 Å². The van der Waals surface area contributed by atoms with Crippen LogP contribution in [-0.4, -0.2) is 31.0 Å². The van der Waals surface area contributed by atoms with E-state index in [0.717, 1.165) is 9.87 Å². The van der Waals surface area contributed by atoms with Gasteiger partial charge in [-0.1, -0.05) is 41.4 Å². The second-order valence-electron chi connectivity index (χ2n) is 5.41. The van der Waals surface area contributed by atoms with Crippen LogP contribution in [0.3, 0.4) is 0 Å². The molecule has 0 spiro atoms. The van der Waals surface area contributed by atoms with Gasteiger partial charge in [0.1, 0.15) is 0 Å². The van der Waals surface area contributed by atoms with Crippen LogP contribution in [0.4, 0.5) is 0 Å². The monoisotopic (exact) mass is 362 g/mol. The third-order valence-electron chi connectivity index (χ3n) is 3.68. The second kappa shape index (κ2) is 6.37. The Morgan fingerprint density at radius 1 is 1.08 bits per heavy atom. The van der Waals surface area contributed by atoms with E-state index in [4.69, 9.17) is 11.6 Å². The van der Waals surface area contributed by atoms with Crippen molar-refractivity contribution in [3.63, 3.8) is 0 Å². The van der Waals surface area contributed by atoms with Crippen molar-refractivity contribution < 1.29 is 13.2 Å². The summed E-state index contributed by atoms with van der Waals surface area (Å²) in [5, 5.41) is 0.343. The molecule has 0 N–H and O–H groups in total. The number of halogens is 1. The molecular formula is C17H15ClN2O3S. The van der Waals surface area contributed by atoms with Crippen LogP contribution in [0.2, 0.25) is 5.02 Å². The molecule has 0 unspecified atom stereocenters. The summed E-state index contributed by atoms with van der Waals surface area (Å²) in [7, 11) is -4.05. The van der Waals surface area contributed by atoms with Crippen LogP contribution in [0.25, 0.3) is 0 Å². The average molecular weight is 363 g/mol. The number of aryl methyl sites for hydroxylation is 1. The van der Waals surface area contributed by atoms with Gasteiger partial charge in [0.2, 0.25) is 5.91 Å². The van der Waals surface area contributed by atoms with Crippen molar-refractivity contribution in [2.45, 2.75) is 18.2 Å². The molecule has 1 heterocycles. The number of benzene rings is 2. The summed E-state index contributed by atoms with van der Waals surface area (Å²) in [6, 6.07) is 13.1. The van der Waals surface area contributed by atoms with Gasteiger partial charge >= 0.3 is 0 Å². The average Bonchev–Trinajstić information content (AvgIpc) is 2.55. The minimum atomic E-state index is -4.05. The molecule has 0 fully saturated rings. The van der Waals surface area contributed by atoms with E-state index in [1.54, 1.807) is 36.4 Å². The van der Waals surface area contributed by atoms with Gasteiger partial charge in [0.05, 0.1) is 16.5 Å². The van der Waals surface area contributed by atoms with E-state index >= 15 is 0 Å². The van der Waals surface area contributed by atoms with Gasteiger partial charge in [-0.05, 0) is 31.2 Å². The van der Waals surface area contributed by atoms with Gasteiger partial charge in [0.15, 0.2) is 5.84 Å². The van der Waals surface area contributed by atoms with E-state index in [2.05, 4.69) is 4.99 Å². The standard InChI is InChI=1S/C17H15ClN2O3S/c1-12-6-8-13(9-7-12)24(22,23)20-16(21)10-11-19-17(20)14-4-2-3-5-15(14)18/h2-9H,10-11H2,1H3. The Balaban J connectivity index is 2.14. The molecule has 2 aromatic rings. The van der Waals surface area contributed by atoms with Crippen LogP contribution >= 0.6 is 11.6 Å². The van der Waals surface area contributed by atoms with Crippen molar-refractivity contribution in [1.29, 1.82) is 0 Å². The predicted molar refractivity (Wildman–Crippen MR) is 92.7 cm³/mol. The molecule has 0 aliphatic carbocycles. The largest absolute Gasteiger partial charge is 0.273 e. The number of hydrogen-bond donors (Lipinski definition) is 0. The number of aliphatic imine (C=N–C) groups is 1. The summed E-state index contributed by atoms with van der Waals surface area (Å²) in [5.74, 6) is -0.446. The highest BCUT2D eigenvalue weighted by atomic mass is 35.5. The number of carbonyl (C=O) groups excluding carboxylic acids is 1. The van der Waals surface area contributed by atoms with E-state index in [1.165, 1.54) is 12.1 Å². The summed E-state index contributed by atoms with van der Waals surface area (Å²) in [6.07, 6.45) is 0.0407. The van der Waals surface area contributed by atoms with E-state index in [9.17, 15) is 13.2 Å². The number of nitrogens with zero attached hydrogens (tertiary/aromatic N) is 2. The third-order valence-corrected chi connectivity index (χ3v) is 5.73. The van der Waals surface area contributed by atoms with Crippen LogP contribution in [-0.2, 0) is 14.8 Å². The second-order valence-corrected chi connectivity index (χ2v) is 7.61. The fourth-order valence-corrected chi connectivity index (χ4v) is 4.10. The molecular weight excluding hydrogens is 348 g/mol. The number of sulfonamides is 1. The SMILES string of the molecule is Cc1ccc(S(=O)(=O)N2C(=O)CCN=C2c2ccccc2Cl)cc1. The first-order valence-corrected chi connectivity index (χ1v) is 9.17. The Bertz CT molecular complexity index is 921. The molecule has 2 aromatic carbocycles. The topological polar surface area (TPSA) is 66.8 Å². The van der Waals surface area contributed by atoms with Crippen molar-refractivity contribution in [2.24, 2.45) is 4.99 Å². The van der Waals surface area contributed by atoms with Crippen LogP contribution in [0.15, 0.2) is 58.4 Å². The van der Waals surface area contributed by atoms with Gasteiger partial charge in [-0.3, -0.25) is 9.79 Å². The quantitative estimate of drug-likeness (QED) is 0.842. The molecule has 0 saturated carbocycles. The van der Waals surface area contributed by atoms with Crippen molar-refractivity contribution in [2.75, 3.05) is 6.54 Å². The fraction of sp³-hybridized carbons (Fsp3) is 0.176. The highest BCUT2D eigenvalue weighted by Gasteiger charge is 2.36. The lowest BCUT2D eigenvalue weighted by molar-refractivity contribution is -0.124. The van der Waals surface area contributed by atoms with Crippen molar-refractivity contribution in [3.05, 3.63) is 64.7 Å². The van der Waals surface area contributed by atoms with Crippen LogP contribution in [0, 0.1) is 6.92 Å². The summed E-state index contributed by atoms with van der Waals surface area (Å²) < 4.78 is 26.7. The van der Waals surface area contributed by atoms with Crippen molar-refractivity contribution >= 4 is 33.4 Å². The Morgan fingerprint density at radius 2 is 1.75 bits per heavy atom. The zero-order valence-electron chi connectivity index (χ0n) is 12.9. The molecule has 0 radical (unpaired) electrons. The lowest BCUT2D eigenvalue weighted by Gasteiger charge is -2.27. The zero-order valence-corrected chi connectivity index (χ0v) is 14.5. The van der Waals surface area contributed by atoms with E-state index in [-0.39, 0.29) is 23.7 Å². The van der Waals surface area contributed by atoms with Gasteiger partial charge in [-0.25, -0.2) is 8.42 Å². The minimum absolute atomic E-state index is 0.0407. The Hall–Kier alpha value is -2.18. The number of amides is 1. The number of rotatable bonds is 3. The first-order valence-electron chi connectivity index (χ1n) is 7.35. The highest BCUT2D eigenvalue weighted by Crippen LogP contribution is 2.26. The molecule has 0 aromatic heterocycles. The maximum Gasteiger partial charge on any atom is 0.272 e. The van der Waals surface area contributed by atoms with E-state index in [0.29, 0.717) is 10.6 Å². The molecule has 24 heavy (non-hydrogen) atoms. The molecule has 1 amide bonds. The van der Waals surface area contributed by atoms with Crippen LogP contribution in [0.1, 0.15) is 17.5 Å². The van der Waals surface area contributed by atoms with E-state index in [1.807, 2.05) is 6.92 Å². The molecule has 0 atom stereocenters. The third kappa shape index (κ3) is 2.95. The maximum absolute atomic E-state index is 13.0. The predicted octanol–water partition coefficient (Wildman–Crippen LogP) is 3.02. The van der Waals surface area contributed by atoms with Gasteiger partial charge in [0.25, 0.3) is 10.0 Å². The Labute approximate surface area is 145 Å². The normalized spacial score (nSPS) is 15.3. The number of carbonyl (C=O) groups is 1. The van der Waals surface area contributed by atoms with Gasteiger partial charge in [0, 0.05) is 12.0 Å². The molecule has 0 saturated heterocycles. The summed E-state index contributed by atoms with van der Waals surface area (Å²) in [5.41, 5.74) is 1.35. The van der Waals surface area contributed by atoms with Gasteiger partial charge in [-0.15, -0.1) is 0 Å². The first kappa shape index (κ1) is 16.7. The number of amidine groups is 1. The molecule has 1 aliphatic rings. The molecule has 7 heteroatoms. The number of hydrogen-bond acceptors (Lipinski definition) is 4. The van der Waals surface area contributed by atoms with Crippen LogP contribution < -0.4 is 0 Å². The van der Waals surface area contributed by atoms with Gasteiger partial charge < -0.3 is 0 Å². The summed E-state index contributed by atoms with van der Waals surface area (Å²) in [6.45, 7) is 2.10. The Kier molecular flexibility index (Phi) is 4.43. The highest BCUT2D eigenvalue weighted by molar-refractivity contribution is 7.90. The van der Waals surface area contributed by atoms with Gasteiger partial charge in [-0.2, -0.15) is 4.31 Å². The van der Waals surface area contributed by atoms with Crippen LogP contribution in [0.5, 0.6) is 0 Å². The van der Waals surface area contributed by atoms with Crippen molar-refractivity contribution in [3.8, 4) is 0 Å². The molecule has 5 nitrogen and oxygen atoms in total. The molecule has 1 aliphatic heterocycles. The Morgan fingerprint density at radius 3 is 2.42 bits per heavy atom. The van der Waals surface area contributed by atoms with E-state index < -0.39 is 15.9 Å². The smallest absolute Gasteiger partial charge is 0.272 e. The zero-order chi connectivity index (χ0) is 17.3. The lowest BCUT2D eigenvalue weighted by atomic mass is 10.2. The first-order chi connectivity index (χ1) is 11.4. The molecule has 124 valence electrons. The minimum Gasteiger partial charge on any atom is -0.273 e. The molecule has 3 rings (SSSR count).